The summed E-state index contributed by atoms with van der Waals surface area (Å²) < 4.78 is 13.9. The van der Waals surface area contributed by atoms with E-state index in [-0.39, 0.29) is 11.4 Å². The number of benzene rings is 1. The summed E-state index contributed by atoms with van der Waals surface area (Å²) in [5.41, 5.74) is 8.70. The number of rotatable bonds is 4. The topological polar surface area (TPSA) is 127 Å². The Kier molecular flexibility index (Phi) is 7.60. The Labute approximate surface area is 184 Å². The summed E-state index contributed by atoms with van der Waals surface area (Å²) in [6.45, 7) is 2.03. The molecule has 2 aromatic rings. The molecule has 4 N–H and O–H groups in total. The molecule has 1 unspecified atom stereocenters. The zero-order valence-electron chi connectivity index (χ0n) is 17.9. The molecule has 2 aliphatic rings. The van der Waals surface area contributed by atoms with Crippen LogP contribution in [0.25, 0.3) is 0 Å². The predicted molar refractivity (Wildman–Crippen MR) is 124 cm³/mol. The maximum absolute atomic E-state index is 12.5. The Bertz CT molecular complexity index is 1080. The van der Waals surface area contributed by atoms with Crippen LogP contribution in [0, 0.1) is 11.3 Å². The van der Waals surface area contributed by atoms with Crippen molar-refractivity contribution in [2.45, 2.75) is 56.5 Å². The molecular weight excluding hydrogens is 412 g/mol. The highest BCUT2D eigenvalue weighted by atomic mass is 32.2. The van der Waals surface area contributed by atoms with Gasteiger partial charge >= 0.3 is 0 Å². The maximum Gasteiger partial charge on any atom is 0.261 e. The van der Waals surface area contributed by atoms with Gasteiger partial charge in [-0.2, -0.15) is 5.26 Å². The molecule has 164 valence electrons. The van der Waals surface area contributed by atoms with Crippen LogP contribution in [0.3, 0.4) is 0 Å². The molecule has 2 heterocycles. The standard InChI is InChI=1S/C20H25N5O2S.C2H3N/c1-25-12-13-11-15(7-8-17(13)28(25)27)24-19(21)18-16(9-10-22-20(18)26)23-14-5-3-2-4-6-14;1-2-3/h7-11,14H,2-6,12H2,1H3,(H2,21,24)(H2,22,23,26);1H3. The van der Waals surface area contributed by atoms with Gasteiger partial charge in [0.15, 0.2) is 0 Å². The number of nitrogens with one attached hydrogen (secondary N) is 2. The van der Waals surface area contributed by atoms with Crippen LogP contribution in [0.4, 0.5) is 11.4 Å². The summed E-state index contributed by atoms with van der Waals surface area (Å²) in [6.07, 6.45) is 7.49. The number of nitrogens with two attached hydrogens (primary N) is 1. The number of hydrogen-bond acceptors (Lipinski definition) is 5. The lowest BCUT2D eigenvalue weighted by atomic mass is 9.95. The number of aromatic nitrogens is 1. The molecule has 1 aliphatic heterocycles. The van der Waals surface area contributed by atoms with E-state index in [0.717, 1.165) is 29.0 Å². The second-order valence-corrected chi connectivity index (χ2v) is 9.18. The lowest BCUT2D eigenvalue weighted by Gasteiger charge is -2.24. The third-order valence-corrected chi connectivity index (χ3v) is 6.81. The molecule has 1 aromatic carbocycles. The van der Waals surface area contributed by atoms with Gasteiger partial charge < -0.3 is 16.0 Å². The molecule has 1 fully saturated rings. The number of pyridine rings is 1. The molecule has 9 heteroatoms. The molecule has 0 saturated heterocycles. The van der Waals surface area contributed by atoms with Crippen molar-refractivity contribution < 1.29 is 4.21 Å². The minimum atomic E-state index is -1.12. The van der Waals surface area contributed by atoms with Crippen LogP contribution in [0.5, 0.6) is 0 Å². The number of hydrogen-bond donors (Lipinski definition) is 3. The first-order valence-corrected chi connectivity index (χ1v) is 11.4. The first kappa shape index (κ1) is 22.7. The number of fused-ring (bicyclic) bond motifs is 1. The van der Waals surface area contributed by atoms with Crippen molar-refractivity contribution in [1.29, 1.82) is 5.26 Å². The summed E-state index contributed by atoms with van der Waals surface area (Å²) in [5, 5.41) is 10.8. The second kappa shape index (κ2) is 10.4. The fourth-order valence-corrected chi connectivity index (χ4v) is 5.03. The Morgan fingerprint density at radius 2 is 2.03 bits per heavy atom. The molecule has 0 bridgehead atoms. The largest absolute Gasteiger partial charge is 0.383 e. The van der Waals surface area contributed by atoms with E-state index in [1.165, 1.54) is 26.2 Å². The first-order chi connectivity index (χ1) is 14.9. The number of amidine groups is 1. The van der Waals surface area contributed by atoms with Gasteiger partial charge in [-0.1, -0.05) is 19.3 Å². The van der Waals surface area contributed by atoms with Crippen molar-refractivity contribution in [3.8, 4) is 6.07 Å². The van der Waals surface area contributed by atoms with Gasteiger partial charge in [0.1, 0.15) is 22.4 Å². The van der Waals surface area contributed by atoms with Gasteiger partial charge in [0.25, 0.3) is 5.56 Å². The van der Waals surface area contributed by atoms with Crippen LogP contribution in [0.2, 0.25) is 0 Å². The summed E-state index contributed by atoms with van der Waals surface area (Å²) >= 11 is 0. The van der Waals surface area contributed by atoms with Crippen LogP contribution in [-0.2, 0) is 17.5 Å². The second-order valence-electron chi connectivity index (χ2n) is 7.62. The summed E-state index contributed by atoms with van der Waals surface area (Å²) in [4.78, 5) is 20.5. The Morgan fingerprint density at radius 1 is 1.32 bits per heavy atom. The molecular formula is C22H28N6O2S. The van der Waals surface area contributed by atoms with Crippen LogP contribution in [-0.4, -0.2) is 32.4 Å². The third-order valence-electron chi connectivity index (χ3n) is 5.34. The van der Waals surface area contributed by atoms with E-state index in [4.69, 9.17) is 11.0 Å². The number of anilines is 1. The third kappa shape index (κ3) is 5.40. The highest BCUT2D eigenvalue weighted by molar-refractivity contribution is 7.83. The molecule has 31 heavy (non-hydrogen) atoms. The Hall–Kier alpha value is -2.96. The van der Waals surface area contributed by atoms with Crippen molar-refractivity contribution >= 4 is 28.2 Å². The molecule has 8 nitrogen and oxygen atoms in total. The fourth-order valence-electron chi connectivity index (χ4n) is 3.91. The van der Waals surface area contributed by atoms with Crippen LogP contribution in [0.1, 0.15) is 50.2 Å². The van der Waals surface area contributed by atoms with E-state index in [0.29, 0.717) is 23.8 Å². The number of nitriles is 1. The number of H-pyrrole nitrogens is 1. The Balaban J connectivity index is 0.000000858. The van der Waals surface area contributed by atoms with E-state index >= 15 is 0 Å². The smallest absolute Gasteiger partial charge is 0.261 e. The molecule has 0 amide bonds. The maximum atomic E-state index is 12.5. The minimum Gasteiger partial charge on any atom is -0.383 e. The van der Waals surface area contributed by atoms with E-state index in [9.17, 15) is 9.00 Å². The van der Waals surface area contributed by atoms with Crippen molar-refractivity contribution in [2.24, 2.45) is 10.7 Å². The molecule has 1 aromatic heterocycles. The zero-order chi connectivity index (χ0) is 22.4. The monoisotopic (exact) mass is 440 g/mol. The SMILES string of the molecule is CC#N.CN1Cc2cc(N=C(N)c3c(NC4CCCCC4)cc[nH]c3=O)ccc2S1=O. The molecule has 4 rings (SSSR count). The average Bonchev–Trinajstić information content (AvgIpc) is 3.02. The lowest BCUT2D eigenvalue weighted by molar-refractivity contribution is 0.462. The van der Waals surface area contributed by atoms with Gasteiger partial charge in [-0.3, -0.25) is 4.79 Å². The minimum absolute atomic E-state index is 0.174. The van der Waals surface area contributed by atoms with E-state index in [2.05, 4.69) is 15.3 Å². The highest BCUT2D eigenvalue weighted by Crippen LogP contribution is 2.29. The normalized spacial score (nSPS) is 19.1. The van der Waals surface area contributed by atoms with Crippen molar-refractivity contribution in [3.63, 3.8) is 0 Å². The van der Waals surface area contributed by atoms with Crippen molar-refractivity contribution in [1.82, 2.24) is 9.29 Å². The number of nitrogens with zero attached hydrogens (tertiary/aromatic N) is 3. The Morgan fingerprint density at radius 3 is 2.74 bits per heavy atom. The number of aliphatic imine (C=N–C) groups is 1. The van der Waals surface area contributed by atoms with Gasteiger partial charge in [-0.15, -0.1) is 0 Å². The average molecular weight is 441 g/mol. The van der Waals surface area contributed by atoms with E-state index < -0.39 is 11.0 Å². The van der Waals surface area contributed by atoms with Gasteiger partial charge in [0.05, 0.1) is 22.3 Å². The molecule has 0 spiro atoms. The van der Waals surface area contributed by atoms with E-state index in [1.54, 1.807) is 22.6 Å². The van der Waals surface area contributed by atoms with Crippen molar-refractivity contribution in [3.05, 3.63) is 51.9 Å². The quantitative estimate of drug-likeness (QED) is 0.497. The molecule has 1 aliphatic carbocycles. The summed E-state index contributed by atoms with van der Waals surface area (Å²) in [6, 6.07) is 9.43. The van der Waals surface area contributed by atoms with E-state index in [1.807, 2.05) is 25.2 Å². The van der Waals surface area contributed by atoms with Gasteiger partial charge in [-0.25, -0.2) is 13.5 Å². The predicted octanol–water partition coefficient (Wildman–Crippen LogP) is 3.15. The first-order valence-electron chi connectivity index (χ1n) is 10.3. The van der Waals surface area contributed by atoms with Crippen LogP contribution >= 0.6 is 0 Å². The summed E-state index contributed by atoms with van der Waals surface area (Å²) in [5.74, 6) is 0.174. The van der Waals surface area contributed by atoms with Gasteiger partial charge in [0.2, 0.25) is 0 Å². The van der Waals surface area contributed by atoms with Crippen molar-refractivity contribution in [2.75, 3.05) is 12.4 Å². The van der Waals surface area contributed by atoms with Crippen LogP contribution < -0.4 is 16.6 Å². The number of aromatic amines is 1. The molecule has 0 radical (unpaired) electrons. The molecule has 1 saturated carbocycles. The lowest BCUT2D eigenvalue weighted by Crippen LogP contribution is -2.29. The van der Waals surface area contributed by atoms with Gasteiger partial charge in [0, 0.05) is 32.8 Å². The highest BCUT2D eigenvalue weighted by Gasteiger charge is 2.24. The fraction of sp³-hybridized carbons (Fsp3) is 0.409. The zero-order valence-corrected chi connectivity index (χ0v) is 18.7. The van der Waals surface area contributed by atoms with Crippen LogP contribution in [0.15, 0.2) is 45.1 Å². The summed E-state index contributed by atoms with van der Waals surface area (Å²) in [7, 11) is 0.697. The van der Waals surface area contributed by atoms with Gasteiger partial charge in [-0.05, 0) is 42.7 Å². The molecule has 1 atom stereocenters.